The van der Waals surface area contributed by atoms with Gasteiger partial charge < -0.3 is 19.4 Å². The van der Waals surface area contributed by atoms with Crippen molar-refractivity contribution in [2.24, 2.45) is 0 Å². The molecule has 0 aliphatic rings. The van der Waals surface area contributed by atoms with Crippen LogP contribution in [0.2, 0.25) is 0 Å². The number of rotatable bonds is 8. The Bertz CT molecular complexity index is 1550. The maximum Gasteiger partial charge on any atom is 0.412 e. The molecule has 10 heteroatoms. The first-order chi connectivity index (χ1) is 19.0. The number of fused-ring (bicyclic) bond motifs is 1. The van der Waals surface area contributed by atoms with Crippen molar-refractivity contribution in [1.82, 2.24) is 15.3 Å². The number of benzene rings is 2. The number of hydrogen-bond acceptors (Lipinski definition) is 8. The summed E-state index contributed by atoms with van der Waals surface area (Å²) in [7, 11) is 1.72. The average Bonchev–Trinajstić information content (AvgIpc) is 2.91. The first-order valence-corrected chi connectivity index (χ1v) is 12.9. The number of ether oxygens (including phenoxy) is 1. The highest BCUT2D eigenvalue weighted by Gasteiger charge is 2.25. The van der Waals surface area contributed by atoms with Gasteiger partial charge in [-0.2, -0.15) is 4.98 Å². The number of aromatic nitrogens is 2. The number of hydrogen-bond donors (Lipinski definition) is 2. The molecule has 0 saturated carbocycles. The smallest absolute Gasteiger partial charge is 0.412 e. The van der Waals surface area contributed by atoms with Gasteiger partial charge in [-0.05, 0) is 68.7 Å². The zero-order valence-electron chi connectivity index (χ0n) is 23.2. The van der Waals surface area contributed by atoms with E-state index in [1.807, 2.05) is 42.5 Å². The molecule has 2 heterocycles. The van der Waals surface area contributed by atoms with Crippen molar-refractivity contribution in [2.75, 3.05) is 23.8 Å². The Morgan fingerprint density at radius 2 is 1.75 bits per heavy atom. The van der Waals surface area contributed by atoms with Crippen LogP contribution in [0.4, 0.5) is 16.5 Å². The average molecular weight is 544 g/mol. The first kappa shape index (κ1) is 28.3. The van der Waals surface area contributed by atoms with Crippen LogP contribution >= 0.6 is 0 Å². The Labute approximate surface area is 232 Å². The fourth-order valence-corrected chi connectivity index (χ4v) is 4.21. The molecular formula is C30H33N5O5. The van der Waals surface area contributed by atoms with Crippen LogP contribution in [0.25, 0.3) is 10.9 Å². The zero-order valence-corrected chi connectivity index (χ0v) is 23.2. The lowest BCUT2D eigenvalue weighted by atomic mass is 9.97. The largest absolute Gasteiger partial charge is 0.444 e. The number of anilines is 2. The summed E-state index contributed by atoms with van der Waals surface area (Å²) in [5, 5.41) is 5.91. The number of nitrogens with zero attached hydrogens (tertiary/aromatic N) is 3. The summed E-state index contributed by atoms with van der Waals surface area (Å²) in [6.07, 6.45) is 2.73. The molecule has 2 amide bonds. The SMILES string of the molecule is Cc1c(NC(=O)OC(C)(C)C)ccc2nc(N(C)CC(C(=O)NCc3ccncc3)c3ccccc3)oc(=O)c12. The van der Waals surface area contributed by atoms with Crippen LogP contribution < -0.4 is 21.2 Å². The number of pyridine rings is 1. The molecule has 4 rings (SSSR count). The van der Waals surface area contributed by atoms with Gasteiger partial charge in [0.25, 0.3) is 0 Å². The molecule has 1 atom stereocenters. The molecule has 0 aliphatic heterocycles. The molecule has 2 N–H and O–H groups in total. The van der Waals surface area contributed by atoms with Gasteiger partial charge in [0, 0.05) is 38.2 Å². The maximum absolute atomic E-state index is 13.3. The van der Waals surface area contributed by atoms with Gasteiger partial charge in [-0.25, -0.2) is 9.59 Å². The number of carbonyl (C=O) groups is 2. The van der Waals surface area contributed by atoms with E-state index in [0.717, 1.165) is 11.1 Å². The van der Waals surface area contributed by atoms with E-state index in [1.165, 1.54) is 0 Å². The molecule has 2 aromatic heterocycles. The third-order valence-corrected chi connectivity index (χ3v) is 6.20. The summed E-state index contributed by atoms with van der Waals surface area (Å²) in [4.78, 5) is 48.8. The van der Waals surface area contributed by atoms with Crippen LogP contribution in [0.15, 0.2) is 76.2 Å². The topological polar surface area (TPSA) is 127 Å². The van der Waals surface area contributed by atoms with Crippen LogP contribution in [0.3, 0.4) is 0 Å². The van der Waals surface area contributed by atoms with Crippen molar-refractivity contribution in [2.45, 2.75) is 45.8 Å². The van der Waals surface area contributed by atoms with Crippen molar-refractivity contribution >= 4 is 34.6 Å². The summed E-state index contributed by atoms with van der Waals surface area (Å²) in [5.74, 6) is -0.732. The predicted octanol–water partition coefficient (Wildman–Crippen LogP) is 4.77. The Morgan fingerprint density at radius 3 is 2.42 bits per heavy atom. The minimum Gasteiger partial charge on any atom is -0.444 e. The van der Waals surface area contributed by atoms with Gasteiger partial charge in [0.05, 0.1) is 16.8 Å². The maximum atomic E-state index is 13.3. The second kappa shape index (κ2) is 12.0. The van der Waals surface area contributed by atoms with E-state index in [9.17, 15) is 14.4 Å². The van der Waals surface area contributed by atoms with E-state index in [1.54, 1.807) is 64.2 Å². The van der Waals surface area contributed by atoms with Gasteiger partial charge in [-0.1, -0.05) is 30.3 Å². The van der Waals surface area contributed by atoms with Crippen LogP contribution in [0.1, 0.15) is 43.4 Å². The number of likely N-dealkylation sites (N-methyl/N-ethyl adjacent to an activating group) is 1. The van der Waals surface area contributed by atoms with Gasteiger partial charge in [-0.3, -0.25) is 15.1 Å². The molecule has 4 aromatic rings. The summed E-state index contributed by atoms with van der Waals surface area (Å²) >= 11 is 0. The Morgan fingerprint density at radius 1 is 1.05 bits per heavy atom. The molecule has 40 heavy (non-hydrogen) atoms. The Balaban J connectivity index is 1.57. The van der Waals surface area contributed by atoms with Crippen molar-refractivity contribution in [3.8, 4) is 0 Å². The van der Waals surface area contributed by atoms with Crippen LogP contribution in [-0.4, -0.2) is 41.2 Å². The fourth-order valence-electron chi connectivity index (χ4n) is 4.21. The molecule has 10 nitrogen and oxygen atoms in total. The van der Waals surface area contributed by atoms with E-state index >= 15 is 0 Å². The quantitative estimate of drug-likeness (QED) is 0.325. The molecule has 208 valence electrons. The van der Waals surface area contributed by atoms with Gasteiger partial charge in [0.1, 0.15) is 5.60 Å². The summed E-state index contributed by atoms with van der Waals surface area (Å²) in [5.41, 5.74) is 1.82. The molecule has 0 fully saturated rings. The Kier molecular flexibility index (Phi) is 8.47. The minimum atomic E-state index is -0.664. The van der Waals surface area contributed by atoms with Crippen LogP contribution in [0.5, 0.6) is 0 Å². The van der Waals surface area contributed by atoms with Crippen LogP contribution in [0, 0.1) is 6.92 Å². The monoisotopic (exact) mass is 543 g/mol. The summed E-state index contributed by atoms with van der Waals surface area (Å²) < 4.78 is 10.9. The van der Waals surface area contributed by atoms with Gasteiger partial charge in [0.2, 0.25) is 5.91 Å². The first-order valence-electron chi connectivity index (χ1n) is 12.9. The molecular weight excluding hydrogens is 510 g/mol. The van der Waals surface area contributed by atoms with Crippen LogP contribution in [-0.2, 0) is 16.1 Å². The Hall–Kier alpha value is -4.73. The number of nitrogens with one attached hydrogen (secondary N) is 2. The summed E-state index contributed by atoms with van der Waals surface area (Å²) in [6.45, 7) is 7.58. The molecule has 0 radical (unpaired) electrons. The second-order valence-corrected chi connectivity index (χ2v) is 10.5. The zero-order chi connectivity index (χ0) is 28.9. The highest BCUT2D eigenvalue weighted by Crippen LogP contribution is 2.26. The molecule has 0 bridgehead atoms. The van der Waals surface area contributed by atoms with Crippen molar-refractivity contribution in [3.63, 3.8) is 0 Å². The highest BCUT2D eigenvalue weighted by atomic mass is 16.6. The normalized spacial score (nSPS) is 12.0. The highest BCUT2D eigenvalue weighted by molar-refractivity contribution is 5.93. The van der Waals surface area contributed by atoms with Crippen molar-refractivity contribution in [1.29, 1.82) is 0 Å². The number of aryl methyl sites for hydroxylation is 1. The molecule has 0 saturated heterocycles. The lowest BCUT2D eigenvalue weighted by Gasteiger charge is -2.24. The van der Waals surface area contributed by atoms with Crippen molar-refractivity contribution < 1.29 is 18.7 Å². The lowest BCUT2D eigenvalue weighted by Crippen LogP contribution is -2.36. The fraction of sp³-hybridized carbons (Fsp3) is 0.300. The molecule has 2 aromatic carbocycles. The van der Waals surface area contributed by atoms with E-state index in [2.05, 4.69) is 20.6 Å². The number of carbonyl (C=O) groups excluding carboxylic acids is 2. The minimum absolute atomic E-state index is 0.0765. The molecule has 0 spiro atoms. The van der Waals surface area contributed by atoms with Gasteiger partial charge in [0.15, 0.2) is 0 Å². The standard InChI is InChI=1S/C30H33N5O5/c1-19-23(34-29(38)40-30(2,3)4)11-12-24-25(19)27(37)39-28(33-24)35(5)18-22(21-9-7-6-8-10-21)26(36)32-17-20-13-15-31-16-14-20/h6-16,22H,17-18H2,1-5H3,(H,32,36)(H,34,38). The third kappa shape index (κ3) is 7.02. The predicted molar refractivity (Wildman–Crippen MR) is 153 cm³/mol. The van der Waals surface area contributed by atoms with E-state index in [0.29, 0.717) is 23.3 Å². The summed E-state index contributed by atoms with van der Waals surface area (Å²) in [6, 6.07) is 16.5. The van der Waals surface area contributed by atoms with Gasteiger partial charge in [-0.15, -0.1) is 0 Å². The van der Waals surface area contributed by atoms with Crippen molar-refractivity contribution in [3.05, 3.63) is 94.1 Å². The van der Waals surface area contributed by atoms with E-state index < -0.39 is 23.2 Å². The third-order valence-electron chi connectivity index (χ3n) is 6.20. The van der Waals surface area contributed by atoms with E-state index in [4.69, 9.17) is 9.15 Å². The molecule has 1 unspecified atom stereocenters. The lowest BCUT2D eigenvalue weighted by molar-refractivity contribution is -0.122. The van der Waals surface area contributed by atoms with Gasteiger partial charge >= 0.3 is 17.7 Å². The number of amides is 2. The van der Waals surface area contributed by atoms with E-state index in [-0.39, 0.29) is 23.9 Å². The molecule has 0 aliphatic carbocycles. The second-order valence-electron chi connectivity index (χ2n) is 10.5.